The van der Waals surface area contributed by atoms with Crippen molar-refractivity contribution in [2.75, 3.05) is 11.9 Å². The highest BCUT2D eigenvalue weighted by Crippen LogP contribution is 2.25. The van der Waals surface area contributed by atoms with Crippen LogP contribution in [0, 0.1) is 6.92 Å². The Kier molecular flexibility index (Phi) is 6.18. The third-order valence-corrected chi connectivity index (χ3v) is 4.29. The Morgan fingerprint density at radius 3 is 2.83 bits per heavy atom. The number of hydrogen-bond acceptors (Lipinski definition) is 6. The summed E-state index contributed by atoms with van der Waals surface area (Å²) in [5, 5.41) is 11.3. The van der Waals surface area contributed by atoms with Crippen LogP contribution in [0.4, 0.5) is 5.82 Å². The summed E-state index contributed by atoms with van der Waals surface area (Å²) in [4.78, 5) is 24.5. The van der Waals surface area contributed by atoms with Gasteiger partial charge in [0.1, 0.15) is 17.1 Å². The molecular formula is C19H20ClN5O4. The maximum absolute atomic E-state index is 12.5. The molecule has 1 amide bonds. The topological polar surface area (TPSA) is 100 Å². The van der Waals surface area contributed by atoms with Crippen molar-refractivity contribution in [1.82, 2.24) is 19.6 Å². The Bertz CT molecular complexity index is 1040. The Morgan fingerprint density at radius 1 is 1.28 bits per heavy atom. The molecule has 2 heterocycles. The fourth-order valence-corrected chi connectivity index (χ4v) is 2.70. The van der Waals surface area contributed by atoms with E-state index in [9.17, 15) is 9.59 Å². The number of halogens is 1. The highest BCUT2D eigenvalue weighted by atomic mass is 35.5. The molecule has 3 aromatic rings. The zero-order valence-electron chi connectivity index (χ0n) is 16.2. The zero-order chi connectivity index (χ0) is 21.0. The molecule has 0 saturated carbocycles. The number of amides is 1. The molecule has 9 nitrogen and oxygen atoms in total. The number of aromatic nitrogens is 4. The normalized spacial score (nSPS) is 10.6. The van der Waals surface area contributed by atoms with E-state index in [4.69, 9.17) is 21.1 Å². The van der Waals surface area contributed by atoms with Crippen LogP contribution >= 0.6 is 11.6 Å². The molecule has 0 aliphatic rings. The molecule has 0 radical (unpaired) electrons. The van der Waals surface area contributed by atoms with Gasteiger partial charge in [0.05, 0.1) is 17.8 Å². The molecule has 1 aromatic carbocycles. The molecule has 0 unspecified atom stereocenters. The van der Waals surface area contributed by atoms with E-state index in [-0.39, 0.29) is 30.4 Å². The van der Waals surface area contributed by atoms with Gasteiger partial charge in [0.15, 0.2) is 12.4 Å². The van der Waals surface area contributed by atoms with Crippen LogP contribution in [-0.4, -0.2) is 38.0 Å². The van der Waals surface area contributed by atoms with Crippen molar-refractivity contribution in [2.24, 2.45) is 7.05 Å². The smallest absolute Gasteiger partial charge is 0.343 e. The first-order valence-electron chi connectivity index (χ1n) is 8.82. The van der Waals surface area contributed by atoms with Gasteiger partial charge in [-0.3, -0.25) is 9.48 Å². The first kappa shape index (κ1) is 20.4. The van der Waals surface area contributed by atoms with Crippen LogP contribution in [0.5, 0.6) is 5.75 Å². The second-order valence-electron chi connectivity index (χ2n) is 6.15. The molecule has 0 spiro atoms. The molecule has 0 aliphatic carbocycles. The number of anilines is 1. The van der Waals surface area contributed by atoms with Crippen LogP contribution in [-0.2, 0) is 18.5 Å². The van der Waals surface area contributed by atoms with Gasteiger partial charge in [0.2, 0.25) is 0 Å². The predicted molar refractivity (Wildman–Crippen MR) is 106 cm³/mol. The van der Waals surface area contributed by atoms with Crippen molar-refractivity contribution in [3.8, 4) is 5.75 Å². The van der Waals surface area contributed by atoms with Gasteiger partial charge in [-0.15, -0.1) is 0 Å². The molecule has 29 heavy (non-hydrogen) atoms. The summed E-state index contributed by atoms with van der Waals surface area (Å²) in [5.74, 6) is -0.302. The summed E-state index contributed by atoms with van der Waals surface area (Å²) in [5.41, 5.74) is 1.33. The number of carbonyl (C=O) groups excluding carboxylic acids is 2. The van der Waals surface area contributed by atoms with Crippen LogP contribution in [0.15, 0.2) is 36.7 Å². The van der Waals surface area contributed by atoms with Crippen LogP contribution < -0.4 is 10.1 Å². The SMILES string of the molecule is CCOC(=O)c1cnn(C)c1NC(=O)c1ccn(COc2cc(C)ccc2Cl)n1. The van der Waals surface area contributed by atoms with Crippen molar-refractivity contribution in [3.05, 3.63) is 58.5 Å². The van der Waals surface area contributed by atoms with E-state index in [0.29, 0.717) is 10.8 Å². The van der Waals surface area contributed by atoms with Gasteiger partial charge in [-0.25, -0.2) is 9.48 Å². The van der Waals surface area contributed by atoms with Gasteiger partial charge in [0, 0.05) is 13.2 Å². The molecule has 0 bridgehead atoms. The van der Waals surface area contributed by atoms with Gasteiger partial charge in [-0.05, 0) is 37.6 Å². The number of hydrogen-bond donors (Lipinski definition) is 1. The van der Waals surface area contributed by atoms with Gasteiger partial charge in [-0.2, -0.15) is 10.2 Å². The molecule has 1 N–H and O–H groups in total. The maximum atomic E-state index is 12.5. The number of aryl methyl sites for hydroxylation is 2. The van der Waals surface area contributed by atoms with Gasteiger partial charge in [-0.1, -0.05) is 17.7 Å². The quantitative estimate of drug-likeness (QED) is 0.593. The summed E-state index contributed by atoms with van der Waals surface area (Å²) in [7, 11) is 1.61. The van der Waals surface area contributed by atoms with Crippen molar-refractivity contribution >= 4 is 29.3 Å². The lowest BCUT2D eigenvalue weighted by molar-refractivity contribution is 0.0527. The zero-order valence-corrected chi connectivity index (χ0v) is 16.9. The second kappa shape index (κ2) is 8.78. The molecule has 0 atom stereocenters. The molecule has 0 fully saturated rings. The number of rotatable bonds is 7. The van der Waals surface area contributed by atoms with Gasteiger partial charge < -0.3 is 14.8 Å². The first-order valence-corrected chi connectivity index (χ1v) is 9.19. The Morgan fingerprint density at radius 2 is 2.07 bits per heavy atom. The van der Waals surface area contributed by atoms with Crippen molar-refractivity contribution < 1.29 is 19.1 Å². The summed E-state index contributed by atoms with van der Waals surface area (Å²) in [6.07, 6.45) is 2.94. The number of esters is 1. The Hall–Kier alpha value is -3.33. The summed E-state index contributed by atoms with van der Waals surface area (Å²) in [6.45, 7) is 3.93. The van der Waals surface area contributed by atoms with Crippen molar-refractivity contribution in [1.29, 1.82) is 0 Å². The van der Waals surface area contributed by atoms with Crippen molar-refractivity contribution in [3.63, 3.8) is 0 Å². The lowest BCUT2D eigenvalue weighted by Crippen LogP contribution is -2.18. The minimum Gasteiger partial charge on any atom is -0.470 e. The lowest BCUT2D eigenvalue weighted by Gasteiger charge is -2.09. The van der Waals surface area contributed by atoms with E-state index in [1.165, 1.54) is 21.6 Å². The third-order valence-electron chi connectivity index (χ3n) is 3.98. The van der Waals surface area contributed by atoms with E-state index in [1.807, 2.05) is 19.1 Å². The summed E-state index contributed by atoms with van der Waals surface area (Å²) in [6, 6.07) is 6.99. The van der Waals surface area contributed by atoms with E-state index >= 15 is 0 Å². The molecule has 3 rings (SSSR count). The highest BCUT2D eigenvalue weighted by Gasteiger charge is 2.20. The highest BCUT2D eigenvalue weighted by molar-refractivity contribution is 6.32. The number of ether oxygens (including phenoxy) is 2. The van der Waals surface area contributed by atoms with Crippen LogP contribution in [0.3, 0.4) is 0 Å². The molecule has 152 valence electrons. The van der Waals surface area contributed by atoms with Gasteiger partial charge >= 0.3 is 5.97 Å². The molecule has 10 heteroatoms. The molecule has 0 saturated heterocycles. The van der Waals surface area contributed by atoms with E-state index in [2.05, 4.69) is 15.5 Å². The number of carbonyl (C=O) groups is 2. The minimum atomic E-state index is -0.565. The average molecular weight is 418 g/mol. The van der Waals surface area contributed by atoms with E-state index < -0.39 is 11.9 Å². The van der Waals surface area contributed by atoms with Crippen molar-refractivity contribution in [2.45, 2.75) is 20.6 Å². The average Bonchev–Trinajstić information content (AvgIpc) is 3.30. The standard InChI is InChI=1S/C19H20ClN5O4/c1-4-28-19(27)13-10-21-24(3)17(13)22-18(26)15-7-8-25(23-15)11-29-16-9-12(2)5-6-14(16)20/h5-10H,4,11H2,1-3H3,(H,22,26). The maximum Gasteiger partial charge on any atom is 0.343 e. The largest absolute Gasteiger partial charge is 0.470 e. The van der Waals surface area contributed by atoms with Gasteiger partial charge in [0.25, 0.3) is 5.91 Å². The number of nitrogens with one attached hydrogen (secondary N) is 1. The summed E-state index contributed by atoms with van der Waals surface area (Å²) >= 11 is 6.11. The van der Waals surface area contributed by atoms with Crippen LogP contribution in [0.2, 0.25) is 5.02 Å². The van der Waals surface area contributed by atoms with E-state index in [1.54, 1.807) is 26.2 Å². The fourth-order valence-electron chi connectivity index (χ4n) is 2.53. The second-order valence-corrected chi connectivity index (χ2v) is 6.56. The molecule has 2 aromatic heterocycles. The Balaban J connectivity index is 1.68. The monoisotopic (exact) mass is 417 g/mol. The molecular weight excluding hydrogens is 398 g/mol. The number of benzene rings is 1. The summed E-state index contributed by atoms with van der Waals surface area (Å²) < 4.78 is 13.5. The third kappa shape index (κ3) is 4.75. The Labute approximate surface area is 172 Å². The minimum absolute atomic E-state index is 0.0796. The molecule has 0 aliphatic heterocycles. The van der Waals surface area contributed by atoms with Crippen LogP contribution in [0.1, 0.15) is 33.3 Å². The van der Waals surface area contributed by atoms with E-state index in [0.717, 1.165) is 5.56 Å². The lowest BCUT2D eigenvalue weighted by atomic mass is 10.2. The number of nitrogens with zero attached hydrogens (tertiary/aromatic N) is 4. The first-order chi connectivity index (χ1) is 13.9. The van der Waals surface area contributed by atoms with Crippen LogP contribution in [0.25, 0.3) is 0 Å². The fraction of sp³-hybridized carbons (Fsp3) is 0.263. The predicted octanol–water partition coefficient (Wildman–Crippen LogP) is 3.04.